The molecule has 2 aliphatic heterocycles. The van der Waals surface area contributed by atoms with Gasteiger partial charge in [-0.1, -0.05) is 0 Å². The highest BCUT2D eigenvalue weighted by Crippen LogP contribution is 2.35. The van der Waals surface area contributed by atoms with Gasteiger partial charge in [0, 0.05) is 30.5 Å². The second-order valence-electron chi connectivity index (χ2n) is 4.38. The van der Waals surface area contributed by atoms with E-state index < -0.39 is 10.6 Å². The number of hydrogen-bond donors (Lipinski definition) is 0. The first-order valence-corrected chi connectivity index (χ1v) is 5.97. The van der Waals surface area contributed by atoms with Gasteiger partial charge in [0.1, 0.15) is 0 Å². The number of hydrogen-bond acceptors (Lipinski definition) is 5. The highest BCUT2D eigenvalue weighted by atomic mass is 16.6. The Balaban J connectivity index is 2.01. The molecule has 1 atom stereocenters. The predicted octanol–water partition coefficient (Wildman–Crippen LogP) is 1.73. The van der Waals surface area contributed by atoms with Gasteiger partial charge in [-0.15, -0.1) is 0 Å². The molecule has 2 heterocycles. The van der Waals surface area contributed by atoms with Crippen LogP contribution in [0.4, 0.5) is 5.69 Å². The highest BCUT2D eigenvalue weighted by molar-refractivity contribution is 5.77. The highest BCUT2D eigenvalue weighted by Gasteiger charge is 2.37. The third-order valence-electron chi connectivity index (χ3n) is 3.32. The molecule has 0 aliphatic carbocycles. The quantitative estimate of drug-likeness (QED) is 0.610. The number of benzene rings is 1. The van der Waals surface area contributed by atoms with Crippen LogP contribution >= 0.6 is 0 Å². The first-order valence-electron chi connectivity index (χ1n) is 5.97. The summed E-state index contributed by atoms with van der Waals surface area (Å²) in [6.45, 7) is 1.54. The largest absolute Gasteiger partial charge is 0.330 e. The van der Waals surface area contributed by atoms with Gasteiger partial charge in [0.2, 0.25) is 0 Å². The molecule has 0 spiro atoms. The Morgan fingerprint density at radius 3 is 2.63 bits per heavy atom. The van der Waals surface area contributed by atoms with Gasteiger partial charge in [-0.05, 0) is 24.3 Å². The van der Waals surface area contributed by atoms with Crippen molar-refractivity contribution < 1.29 is 4.92 Å². The standard InChI is InChI=1S/C13H12N4O2/c18-17(19)12-4-2-11(3-5-12)13(6-1-7-15-13)16-9-8-14-10-16/h1-7,10H,8-9H2. The van der Waals surface area contributed by atoms with Crippen LogP contribution < -0.4 is 0 Å². The second-order valence-corrected chi connectivity index (χ2v) is 4.38. The lowest BCUT2D eigenvalue weighted by atomic mass is 9.98. The van der Waals surface area contributed by atoms with Crippen molar-refractivity contribution in [2.75, 3.05) is 13.1 Å². The molecular weight excluding hydrogens is 244 g/mol. The fraction of sp³-hybridized carbons (Fsp3) is 0.231. The minimum absolute atomic E-state index is 0.0833. The van der Waals surface area contributed by atoms with Gasteiger partial charge < -0.3 is 4.90 Å². The lowest BCUT2D eigenvalue weighted by Gasteiger charge is -2.34. The van der Waals surface area contributed by atoms with Crippen molar-refractivity contribution in [2.45, 2.75) is 5.66 Å². The van der Waals surface area contributed by atoms with Gasteiger partial charge in [0.15, 0.2) is 5.66 Å². The molecule has 0 radical (unpaired) electrons. The average Bonchev–Trinajstić information content (AvgIpc) is 3.10. The van der Waals surface area contributed by atoms with E-state index in [0.717, 1.165) is 18.7 Å². The predicted molar refractivity (Wildman–Crippen MR) is 72.5 cm³/mol. The zero-order valence-corrected chi connectivity index (χ0v) is 10.1. The van der Waals surface area contributed by atoms with E-state index in [1.54, 1.807) is 24.7 Å². The van der Waals surface area contributed by atoms with Gasteiger partial charge in [-0.25, -0.2) is 0 Å². The SMILES string of the molecule is O=[N+]([O-])c1ccc(C2(N3C=NCC3)C=CC=N2)cc1. The van der Waals surface area contributed by atoms with Crippen LogP contribution in [-0.4, -0.2) is 35.5 Å². The molecule has 0 amide bonds. The van der Waals surface area contributed by atoms with E-state index in [4.69, 9.17) is 0 Å². The van der Waals surface area contributed by atoms with E-state index in [-0.39, 0.29) is 5.69 Å². The summed E-state index contributed by atoms with van der Waals surface area (Å²) in [5.41, 5.74) is 0.381. The molecule has 3 rings (SSSR count). The molecule has 0 fully saturated rings. The van der Waals surface area contributed by atoms with Gasteiger partial charge in [0.25, 0.3) is 5.69 Å². The molecule has 19 heavy (non-hydrogen) atoms. The zero-order chi connectivity index (χ0) is 13.3. The average molecular weight is 256 g/mol. The summed E-state index contributed by atoms with van der Waals surface area (Å²) >= 11 is 0. The van der Waals surface area contributed by atoms with Crippen molar-refractivity contribution in [3.8, 4) is 0 Å². The van der Waals surface area contributed by atoms with Gasteiger partial charge >= 0.3 is 0 Å². The molecule has 0 saturated heterocycles. The maximum atomic E-state index is 10.7. The van der Waals surface area contributed by atoms with Crippen LogP contribution in [0.1, 0.15) is 5.56 Å². The number of non-ortho nitro benzene ring substituents is 1. The number of nitrogens with zero attached hydrogens (tertiary/aromatic N) is 4. The van der Waals surface area contributed by atoms with Crippen molar-refractivity contribution in [1.82, 2.24) is 4.90 Å². The Kier molecular flexibility index (Phi) is 2.63. The first-order chi connectivity index (χ1) is 9.22. The molecular formula is C13H12N4O2. The second kappa shape index (κ2) is 4.31. The Bertz CT molecular complexity index is 577. The van der Waals surface area contributed by atoms with E-state index in [9.17, 15) is 10.1 Å². The summed E-state index contributed by atoms with van der Waals surface area (Å²) in [5, 5.41) is 10.7. The normalized spacial score (nSPS) is 24.3. The Morgan fingerprint density at radius 1 is 1.32 bits per heavy atom. The van der Waals surface area contributed by atoms with Crippen LogP contribution in [0.2, 0.25) is 0 Å². The van der Waals surface area contributed by atoms with Gasteiger partial charge in [-0.2, -0.15) is 0 Å². The molecule has 0 aromatic heterocycles. The number of aliphatic imine (C=N–C) groups is 2. The fourth-order valence-corrected chi connectivity index (χ4v) is 2.35. The summed E-state index contributed by atoms with van der Waals surface area (Å²) in [7, 11) is 0. The van der Waals surface area contributed by atoms with Crippen LogP contribution in [0.3, 0.4) is 0 Å². The summed E-state index contributed by atoms with van der Waals surface area (Å²) < 4.78 is 0. The van der Waals surface area contributed by atoms with Crippen LogP contribution in [0.5, 0.6) is 0 Å². The molecule has 0 bridgehead atoms. The van der Waals surface area contributed by atoms with Crippen LogP contribution in [0.15, 0.2) is 46.4 Å². The molecule has 2 aliphatic rings. The number of nitro benzene ring substituents is 1. The first kappa shape index (κ1) is 11.6. The van der Waals surface area contributed by atoms with E-state index in [0.29, 0.717) is 0 Å². The number of rotatable bonds is 3. The van der Waals surface area contributed by atoms with E-state index in [2.05, 4.69) is 9.98 Å². The maximum Gasteiger partial charge on any atom is 0.269 e. The van der Waals surface area contributed by atoms with E-state index in [1.165, 1.54) is 12.1 Å². The third kappa shape index (κ3) is 1.81. The minimum Gasteiger partial charge on any atom is -0.330 e. The van der Waals surface area contributed by atoms with Crippen molar-refractivity contribution in [1.29, 1.82) is 0 Å². The summed E-state index contributed by atoms with van der Waals surface area (Å²) in [6, 6.07) is 6.51. The van der Waals surface area contributed by atoms with Crippen LogP contribution in [0, 0.1) is 10.1 Å². The lowest BCUT2D eigenvalue weighted by Crippen LogP contribution is -2.40. The molecule has 6 nitrogen and oxygen atoms in total. The summed E-state index contributed by atoms with van der Waals surface area (Å²) in [6.07, 6.45) is 7.39. The molecule has 1 aromatic rings. The molecule has 1 aromatic carbocycles. The maximum absolute atomic E-state index is 10.7. The van der Waals surface area contributed by atoms with Crippen LogP contribution in [-0.2, 0) is 5.66 Å². The molecule has 96 valence electrons. The van der Waals surface area contributed by atoms with E-state index >= 15 is 0 Å². The smallest absolute Gasteiger partial charge is 0.269 e. The Morgan fingerprint density at radius 2 is 2.11 bits per heavy atom. The Hall–Kier alpha value is -2.50. The molecule has 1 unspecified atom stereocenters. The third-order valence-corrected chi connectivity index (χ3v) is 3.32. The number of nitro groups is 1. The zero-order valence-electron chi connectivity index (χ0n) is 10.1. The minimum atomic E-state index is -0.602. The molecule has 0 saturated carbocycles. The van der Waals surface area contributed by atoms with Gasteiger partial charge in [-0.3, -0.25) is 20.1 Å². The topological polar surface area (TPSA) is 71.1 Å². The van der Waals surface area contributed by atoms with Crippen molar-refractivity contribution in [2.24, 2.45) is 9.98 Å². The van der Waals surface area contributed by atoms with E-state index in [1.807, 2.05) is 17.1 Å². The van der Waals surface area contributed by atoms with Gasteiger partial charge in [0.05, 0.1) is 17.8 Å². The van der Waals surface area contributed by atoms with Crippen LogP contribution in [0.25, 0.3) is 0 Å². The van der Waals surface area contributed by atoms with Crippen molar-refractivity contribution in [3.05, 3.63) is 52.1 Å². The van der Waals surface area contributed by atoms with Crippen molar-refractivity contribution >= 4 is 18.2 Å². The van der Waals surface area contributed by atoms with Crippen molar-refractivity contribution in [3.63, 3.8) is 0 Å². The monoisotopic (exact) mass is 256 g/mol. The lowest BCUT2D eigenvalue weighted by molar-refractivity contribution is -0.384. The Labute approximate surface area is 109 Å². The number of allylic oxidation sites excluding steroid dienone is 1. The molecule has 0 N–H and O–H groups in total. The summed E-state index contributed by atoms with van der Waals surface area (Å²) in [4.78, 5) is 21.1. The fourth-order valence-electron chi connectivity index (χ4n) is 2.35. The molecule has 6 heteroatoms. The summed E-state index contributed by atoms with van der Waals surface area (Å²) in [5.74, 6) is 0.